The van der Waals surface area contributed by atoms with Crippen molar-refractivity contribution in [1.82, 2.24) is 0 Å². The largest absolute Gasteiger partial charge is 0.469 e. The molecule has 1 fully saturated rings. The Morgan fingerprint density at radius 3 is 2.50 bits per heavy atom. The van der Waals surface area contributed by atoms with Crippen LogP contribution in [0, 0.1) is 29.6 Å². The summed E-state index contributed by atoms with van der Waals surface area (Å²) in [7, 11) is 1.38. The third-order valence-corrected chi connectivity index (χ3v) is 4.88. The summed E-state index contributed by atoms with van der Waals surface area (Å²) in [5.74, 6) is 0.155. The van der Waals surface area contributed by atoms with Gasteiger partial charge < -0.3 is 14.3 Å². The molecule has 0 spiro atoms. The van der Waals surface area contributed by atoms with Gasteiger partial charge in [0, 0.05) is 12.3 Å². The minimum atomic E-state index is -0.262. The summed E-state index contributed by atoms with van der Waals surface area (Å²) in [6.45, 7) is 5.56. The summed E-state index contributed by atoms with van der Waals surface area (Å²) in [5.41, 5.74) is 0. The summed E-state index contributed by atoms with van der Waals surface area (Å²) in [6, 6.07) is 0. The van der Waals surface area contributed by atoms with Gasteiger partial charge in [-0.15, -0.1) is 0 Å². The highest BCUT2D eigenvalue weighted by molar-refractivity contribution is 5.75. The van der Waals surface area contributed by atoms with Crippen LogP contribution in [0.1, 0.15) is 46.5 Å². The number of ether oxygens (including phenoxy) is 1. The van der Waals surface area contributed by atoms with E-state index in [1.54, 1.807) is 6.92 Å². The molecule has 4 unspecified atom stereocenters. The van der Waals surface area contributed by atoms with Gasteiger partial charge in [0.05, 0.1) is 13.0 Å². The van der Waals surface area contributed by atoms with Crippen molar-refractivity contribution < 1.29 is 19.1 Å². The molecule has 4 nitrogen and oxygen atoms in total. The van der Waals surface area contributed by atoms with E-state index in [4.69, 9.17) is 4.74 Å². The normalized spacial score (nSPS) is 31.4. The molecule has 5 atom stereocenters. The molecule has 0 amide bonds. The second kappa shape index (κ2) is 7.55. The second-order valence-corrected chi connectivity index (χ2v) is 6.15. The fourth-order valence-electron chi connectivity index (χ4n) is 3.55. The van der Waals surface area contributed by atoms with E-state index in [0.29, 0.717) is 12.3 Å². The van der Waals surface area contributed by atoms with E-state index in [-0.39, 0.29) is 35.4 Å². The van der Waals surface area contributed by atoms with Gasteiger partial charge in [-0.3, -0.25) is 4.79 Å². The Hall–Kier alpha value is -1.19. The van der Waals surface area contributed by atoms with Crippen LogP contribution in [-0.4, -0.2) is 25.1 Å². The molecule has 20 heavy (non-hydrogen) atoms. The average molecular weight is 282 g/mol. The van der Waals surface area contributed by atoms with Crippen molar-refractivity contribution in [3.63, 3.8) is 0 Å². The molecule has 4 heteroatoms. The van der Waals surface area contributed by atoms with Crippen LogP contribution in [-0.2, 0) is 19.1 Å². The number of esters is 1. The molecule has 0 saturated heterocycles. The SMILES string of the molecule is COC(=O)C(C)C1CC[C@@H](C)C(CCC(C)=O)C1C=O. The molecule has 1 aliphatic rings. The van der Waals surface area contributed by atoms with Crippen LogP contribution < -0.4 is 0 Å². The number of hydrogen-bond acceptors (Lipinski definition) is 4. The van der Waals surface area contributed by atoms with Gasteiger partial charge in [0.1, 0.15) is 12.1 Å². The number of aldehydes is 1. The summed E-state index contributed by atoms with van der Waals surface area (Å²) in [4.78, 5) is 34.5. The highest BCUT2D eigenvalue weighted by Crippen LogP contribution is 2.43. The zero-order valence-electron chi connectivity index (χ0n) is 12.9. The van der Waals surface area contributed by atoms with Gasteiger partial charge >= 0.3 is 5.97 Å². The molecule has 0 aliphatic heterocycles. The highest BCUT2D eigenvalue weighted by Gasteiger charge is 2.41. The van der Waals surface area contributed by atoms with E-state index in [9.17, 15) is 14.4 Å². The lowest BCUT2D eigenvalue weighted by molar-refractivity contribution is -0.149. The van der Waals surface area contributed by atoms with Crippen LogP contribution in [0.25, 0.3) is 0 Å². The first-order chi connectivity index (χ1) is 9.42. The summed E-state index contributed by atoms with van der Waals surface area (Å²) >= 11 is 0. The van der Waals surface area contributed by atoms with Crippen molar-refractivity contribution in [1.29, 1.82) is 0 Å². The van der Waals surface area contributed by atoms with E-state index >= 15 is 0 Å². The van der Waals surface area contributed by atoms with Gasteiger partial charge in [-0.1, -0.05) is 20.3 Å². The van der Waals surface area contributed by atoms with Gasteiger partial charge in [-0.05, 0) is 37.5 Å². The van der Waals surface area contributed by atoms with Crippen molar-refractivity contribution in [3.05, 3.63) is 0 Å². The van der Waals surface area contributed by atoms with Crippen molar-refractivity contribution in [2.45, 2.75) is 46.5 Å². The number of carbonyl (C=O) groups is 3. The Morgan fingerprint density at radius 2 is 2.00 bits per heavy atom. The predicted molar refractivity (Wildman–Crippen MR) is 76.0 cm³/mol. The fraction of sp³-hybridized carbons (Fsp3) is 0.812. The molecule has 1 rings (SSSR count). The van der Waals surface area contributed by atoms with Gasteiger partial charge in [0.15, 0.2) is 0 Å². The molecule has 1 aliphatic carbocycles. The first kappa shape index (κ1) is 16.9. The molecule has 1 saturated carbocycles. The van der Waals surface area contributed by atoms with E-state index < -0.39 is 0 Å². The van der Waals surface area contributed by atoms with Gasteiger partial charge in [-0.2, -0.15) is 0 Å². The number of rotatable bonds is 6. The second-order valence-electron chi connectivity index (χ2n) is 6.15. The molecule has 0 radical (unpaired) electrons. The first-order valence-corrected chi connectivity index (χ1v) is 7.44. The summed E-state index contributed by atoms with van der Waals surface area (Å²) in [6.07, 6.45) is 4.11. The van der Waals surface area contributed by atoms with Crippen LogP contribution in [0.3, 0.4) is 0 Å². The van der Waals surface area contributed by atoms with E-state index in [2.05, 4.69) is 6.92 Å². The number of carbonyl (C=O) groups excluding carboxylic acids is 3. The standard InChI is InChI=1S/C16H26O4/c1-10-5-7-14(12(3)16(19)20-4)15(9-17)13(10)8-6-11(2)18/h9-10,12-15H,5-8H2,1-4H3/t10-,12?,13?,14?,15?/m1/s1. The highest BCUT2D eigenvalue weighted by atomic mass is 16.5. The molecule has 114 valence electrons. The third-order valence-electron chi connectivity index (χ3n) is 4.88. The van der Waals surface area contributed by atoms with Crippen LogP contribution in [0.15, 0.2) is 0 Å². The number of ketones is 1. The topological polar surface area (TPSA) is 60.4 Å². The maximum Gasteiger partial charge on any atom is 0.308 e. The van der Waals surface area contributed by atoms with Crippen LogP contribution in [0.2, 0.25) is 0 Å². The Morgan fingerprint density at radius 1 is 1.35 bits per heavy atom. The average Bonchev–Trinajstić information content (AvgIpc) is 2.43. The third kappa shape index (κ3) is 3.90. The lowest BCUT2D eigenvalue weighted by atomic mass is 9.63. The summed E-state index contributed by atoms with van der Waals surface area (Å²) < 4.78 is 4.81. The van der Waals surface area contributed by atoms with Crippen molar-refractivity contribution in [2.75, 3.05) is 7.11 Å². The Kier molecular flexibility index (Phi) is 6.37. The maximum atomic E-state index is 11.7. The molecule has 0 aromatic heterocycles. The monoisotopic (exact) mass is 282 g/mol. The lowest BCUT2D eigenvalue weighted by Crippen LogP contribution is -2.40. The predicted octanol–water partition coefficient (Wildman–Crippen LogP) is 2.64. The maximum absolute atomic E-state index is 11.7. The molecular formula is C16H26O4. The molecule has 0 heterocycles. The zero-order valence-corrected chi connectivity index (χ0v) is 12.9. The smallest absolute Gasteiger partial charge is 0.308 e. The molecule has 0 aromatic carbocycles. The first-order valence-electron chi connectivity index (χ1n) is 7.44. The minimum Gasteiger partial charge on any atom is -0.469 e. The van der Waals surface area contributed by atoms with Crippen LogP contribution >= 0.6 is 0 Å². The lowest BCUT2D eigenvalue weighted by Gasteiger charge is -2.41. The minimum absolute atomic E-state index is 0.0353. The number of Topliss-reactive ketones (excluding diaryl/α,β-unsaturated/α-hetero) is 1. The van der Waals surface area contributed by atoms with E-state index in [1.165, 1.54) is 7.11 Å². The number of methoxy groups -OCH3 is 1. The quantitative estimate of drug-likeness (QED) is 0.555. The van der Waals surface area contributed by atoms with Gasteiger partial charge in [0.2, 0.25) is 0 Å². The molecule has 0 N–H and O–H groups in total. The van der Waals surface area contributed by atoms with E-state index in [1.807, 2.05) is 6.92 Å². The van der Waals surface area contributed by atoms with Gasteiger partial charge in [-0.25, -0.2) is 0 Å². The fourth-order valence-corrected chi connectivity index (χ4v) is 3.55. The number of hydrogen-bond donors (Lipinski definition) is 0. The van der Waals surface area contributed by atoms with E-state index in [0.717, 1.165) is 25.5 Å². The Balaban J connectivity index is 2.84. The summed E-state index contributed by atoms with van der Waals surface area (Å²) in [5, 5.41) is 0. The molecule has 0 aromatic rings. The van der Waals surface area contributed by atoms with Crippen LogP contribution in [0.5, 0.6) is 0 Å². The van der Waals surface area contributed by atoms with Crippen molar-refractivity contribution in [3.8, 4) is 0 Å². The Bertz CT molecular complexity index is 363. The van der Waals surface area contributed by atoms with Crippen LogP contribution in [0.4, 0.5) is 0 Å². The van der Waals surface area contributed by atoms with Crippen molar-refractivity contribution in [2.24, 2.45) is 29.6 Å². The van der Waals surface area contributed by atoms with Gasteiger partial charge in [0.25, 0.3) is 0 Å². The molecular weight excluding hydrogens is 256 g/mol. The molecule has 0 bridgehead atoms. The zero-order chi connectivity index (χ0) is 15.3. The Labute approximate surface area is 121 Å². The van der Waals surface area contributed by atoms with Crippen molar-refractivity contribution >= 4 is 18.0 Å².